The fourth-order valence-electron chi connectivity index (χ4n) is 2.01. The van der Waals surface area contributed by atoms with E-state index in [1.807, 2.05) is 37.3 Å². The first-order chi connectivity index (χ1) is 10.1. The third-order valence-electron chi connectivity index (χ3n) is 3.16. The molecular formula is C15H16N2O3S. The highest BCUT2D eigenvalue weighted by Crippen LogP contribution is 2.25. The van der Waals surface area contributed by atoms with Gasteiger partial charge in [0, 0.05) is 19.2 Å². The van der Waals surface area contributed by atoms with Gasteiger partial charge in [-0.15, -0.1) is 0 Å². The van der Waals surface area contributed by atoms with E-state index in [9.17, 15) is 14.9 Å². The normalized spacial score (nSPS) is 10.3. The number of likely N-dealkylation sites (N-methyl/N-ethyl adjacent to an activating group) is 1. The highest BCUT2D eigenvalue weighted by Gasteiger charge is 2.19. The molecule has 1 aromatic carbocycles. The molecule has 0 fully saturated rings. The van der Waals surface area contributed by atoms with Crippen molar-refractivity contribution in [3.8, 4) is 0 Å². The van der Waals surface area contributed by atoms with Gasteiger partial charge >= 0.3 is 5.00 Å². The van der Waals surface area contributed by atoms with Crippen molar-refractivity contribution in [1.82, 2.24) is 4.90 Å². The van der Waals surface area contributed by atoms with Gasteiger partial charge in [0.25, 0.3) is 5.91 Å². The van der Waals surface area contributed by atoms with Gasteiger partial charge in [0.05, 0.1) is 9.80 Å². The summed E-state index contributed by atoms with van der Waals surface area (Å²) in [7, 11) is 0. The number of thiophene rings is 1. The van der Waals surface area contributed by atoms with Crippen LogP contribution in [0.5, 0.6) is 0 Å². The summed E-state index contributed by atoms with van der Waals surface area (Å²) < 4.78 is 0. The average Bonchev–Trinajstić information content (AvgIpc) is 2.99. The molecule has 1 amide bonds. The average molecular weight is 304 g/mol. The minimum atomic E-state index is -0.471. The minimum absolute atomic E-state index is 0.00235. The van der Waals surface area contributed by atoms with Gasteiger partial charge in [-0.3, -0.25) is 14.9 Å². The molecule has 5 nitrogen and oxygen atoms in total. The van der Waals surface area contributed by atoms with Gasteiger partial charge in [-0.2, -0.15) is 0 Å². The van der Waals surface area contributed by atoms with Crippen molar-refractivity contribution < 1.29 is 9.72 Å². The van der Waals surface area contributed by atoms with Crippen LogP contribution in [0.2, 0.25) is 0 Å². The summed E-state index contributed by atoms with van der Waals surface area (Å²) in [6.45, 7) is 3.09. The monoisotopic (exact) mass is 304 g/mol. The molecule has 0 radical (unpaired) electrons. The summed E-state index contributed by atoms with van der Waals surface area (Å²) in [6.07, 6.45) is 0.772. The Labute approximate surface area is 127 Å². The number of rotatable bonds is 6. The van der Waals surface area contributed by atoms with Crippen molar-refractivity contribution in [3.63, 3.8) is 0 Å². The van der Waals surface area contributed by atoms with E-state index in [4.69, 9.17) is 0 Å². The molecule has 0 aliphatic rings. The molecule has 0 N–H and O–H groups in total. The Morgan fingerprint density at radius 1 is 1.24 bits per heavy atom. The number of hydrogen-bond acceptors (Lipinski definition) is 4. The molecule has 1 aromatic heterocycles. The van der Waals surface area contributed by atoms with Crippen molar-refractivity contribution >= 4 is 22.2 Å². The SMILES string of the molecule is CCN(CCc1ccccc1)C(=O)c1ccc([N+](=O)[O-])s1. The van der Waals surface area contributed by atoms with Crippen molar-refractivity contribution in [3.05, 3.63) is 63.0 Å². The molecule has 2 rings (SSSR count). The summed E-state index contributed by atoms with van der Waals surface area (Å²) in [4.78, 5) is 24.7. The number of nitrogens with zero attached hydrogens (tertiary/aromatic N) is 2. The smallest absolute Gasteiger partial charge is 0.324 e. The third-order valence-corrected chi connectivity index (χ3v) is 4.19. The second-order valence-corrected chi connectivity index (χ2v) is 5.58. The van der Waals surface area contributed by atoms with E-state index in [0.717, 1.165) is 17.8 Å². The molecule has 0 saturated heterocycles. The van der Waals surface area contributed by atoms with Crippen LogP contribution in [-0.4, -0.2) is 28.8 Å². The molecule has 2 aromatic rings. The summed E-state index contributed by atoms with van der Waals surface area (Å²) in [5.74, 6) is -0.147. The number of nitro groups is 1. The number of carbonyl (C=O) groups is 1. The Morgan fingerprint density at radius 2 is 1.95 bits per heavy atom. The first-order valence-electron chi connectivity index (χ1n) is 6.69. The second-order valence-electron chi connectivity index (χ2n) is 4.52. The lowest BCUT2D eigenvalue weighted by atomic mass is 10.1. The lowest BCUT2D eigenvalue weighted by Crippen LogP contribution is -2.32. The van der Waals surface area contributed by atoms with Crippen LogP contribution in [0.4, 0.5) is 5.00 Å². The minimum Gasteiger partial charge on any atom is -0.338 e. The highest BCUT2D eigenvalue weighted by atomic mass is 32.1. The van der Waals surface area contributed by atoms with Crippen molar-refractivity contribution in [1.29, 1.82) is 0 Å². The predicted octanol–water partition coefficient (Wildman–Crippen LogP) is 3.36. The van der Waals surface area contributed by atoms with Gasteiger partial charge in [-0.05, 0) is 25.0 Å². The summed E-state index contributed by atoms with van der Waals surface area (Å²) >= 11 is 0.924. The molecule has 21 heavy (non-hydrogen) atoms. The predicted molar refractivity (Wildman–Crippen MR) is 82.7 cm³/mol. The fraction of sp³-hybridized carbons (Fsp3) is 0.267. The standard InChI is InChI=1S/C15H16N2O3S/c1-2-16(11-10-12-6-4-3-5-7-12)15(18)13-8-9-14(21-13)17(19)20/h3-9H,2,10-11H2,1H3. The first kappa shape index (κ1) is 15.2. The van der Waals surface area contributed by atoms with E-state index >= 15 is 0 Å². The Kier molecular flexibility index (Phi) is 5.05. The van der Waals surface area contributed by atoms with Gasteiger partial charge in [0.2, 0.25) is 0 Å². The van der Waals surface area contributed by atoms with E-state index < -0.39 is 4.92 Å². The molecule has 0 aliphatic carbocycles. The van der Waals surface area contributed by atoms with Crippen molar-refractivity contribution in [2.24, 2.45) is 0 Å². The highest BCUT2D eigenvalue weighted by molar-refractivity contribution is 7.17. The maximum atomic E-state index is 12.3. The zero-order valence-corrected chi connectivity index (χ0v) is 12.5. The summed E-state index contributed by atoms with van der Waals surface area (Å²) in [5, 5.41) is 10.7. The lowest BCUT2D eigenvalue weighted by molar-refractivity contribution is -0.380. The van der Waals surface area contributed by atoms with E-state index in [-0.39, 0.29) is 10.9 Å². The van der Waals surface area contributed by atoms with Gasteiger partial charge in [-0.25, -0.2) is 0 Å². The van der Waals surface area contributed by atoms with E-state index in [0.29, 0.717) is 18.0 Å². The lowest BCUT2D eigenvalue weighted by Gasteiger charge is -2.20. The quantitative estimate of drug-likeness (QED) is 0.607. The molecule has 1 heterocycles. The van der Waals surface area contributed by atoms with Crippen LogP contribution in [0.25, 0.3) is 0 Å². The van der Waals surface area contributed by atoms with Gasteiger partial charge in [0.15, 0.2) is 0 Å². The van der Waals surface area contributed by atoms with Crippen LogP contribution in [0.1, 0.15) is 22.2 Å². The largest absolute Gasteiger partial charge is 0.338 e. The molecule has 0 unspecified atom stereocenters. The summed E-state index contributed by atoms with van der Waals surface area (Å²) in [5.41, 5.74) is 1.17. The number of amides is 1. The van der Waals surface area contributed by atoms with Crippen LogP contribution < -0.4 is 0 Å². The van der Waals surface area contributed by atoms with Crippen LogP contribution in [0.15, 0.2) is 42.5 Å². The second kappa shape index (κ2) is 6.99. The van der Waals surface area contributed by atoms with E-state index in [1.54, 1.807) is 4.90 Å². The zero-order valence-electron chi connectivity index (χ0n) is 11.7. The molecule has 6 heteroatoms. The topological polar surface area (TPSA) is 63.5 Å². The maximum absolute atomic E-state index is 12.3. The van der Waals surface area contributed by atoms with Crippen LogP contribution in [0.3, 0.4) is 0 Å². The van der Waals surface area contributed by atoms with Gasteiger partial charge in [0.1, 0.15) is 0 Å². The fourth-order valence-corrected chi connectivity index (χ4v) is 2.80. The van der Waals surface area contributed by atoms with Crippen LogP contribution in [-0.2, 0) is 6.42 Å². The molecule has 0 spiro atoms. The summed E-state index contributed by atoms with van der Waals surface area (Å²) in [6, 6.07) is 12.8. The molecule has 0 saturated carbocycles. The third kappa shape index (κ3) is 3.88. The molecule has 0 bridgehead atoms. The molecule has 0 atom stereocenters. The van der Waals surface area contributed by atoms with Crippen molar-refractivity contribution in [2.45, 2.75) is 13.3 Å². The Balaban J connectivity index is 2.02. The molecular weight excluding hydrogens is 288 g/mol. The number of benzene rings is 1. The van der Waals surface area contributed by atoms with Gasteiger partial charge < -0.3 is 4.90 Å². The Morgan fingerprint density at radius 3 is 2.52 bits per heavy atom. The maximum Gasteiger partial charge on any atom is 0.324 e. The Hall–Kier alpha value is -2.21. The van der Waals surface area contributed by atoms with E-state index in [1.165, 1.54) is 17.7 Å². The van der Waals surface area contributed by atoms with E-state index in [2.05, 4.69) is 0 Å². The zero-order chi connectivity index (χ0) is 15.2. The number of hydrogen-bond donors (Lipinski definition) is 0. The Bertz CT molecular complexity index is 625. The van der Waals surface area contributed by atoms with Crippen LogP contribution in [0, 0.1) is 10.1 Å². The number of carbonyl (C=O) groups excluding carboxylic acids is 1. The molecule has 0 aliphatic heterocycles. The van der Waals surface area contributed by atoms with Gasteiger partial charge in [-0.1, -0.05) is 41.7 Å². The van der Waals surface area contributed by atoms with Crippen LogP contribution >= 0.6 is 11.3 Å². The molecule has 110 valence electrons. The van der Waals surface area contributed by atoms with Crippen molar-refractivity contribution in [2.75, 3.05) is 13.1 Å². The first-order valence-corrected chi connectivity index (χ1v) is 7.51.